The largest absolute Gasteiger partial charge is 0.494 e. The van der Waals surface area contributed by atoms with Gasteiger partial charge in [0.1, 0.15) is 5.75 Å². The topological polar surface area (TPSA) is 35.5 Å². The molecule has 94 valence electrons. The van der Waals surface area contributed by atoms with Gasteiger partial charge in [-0.1, -0.05) is 19.1 Å². The summed E-state index contributed by atoms with van der Waals surface area (Å²) in [6, 6.07) is 7.83. The molecular formula is C14H20O3. The lowest BCUT2D eigenvalue weighted by molar-refractivity contribution is -0.147. The van der Waals surface area contributed by atoms with Crippen LogP contribution in [0.4, 0.5) is 0 Å². The average molecular weight is 236 g/mol. The number of benzene rings is 1. The van der Waals surface area contributed by atoms with Gasteiger partial charge in [-0.3, -0.25) is 4.79 Å². The number of ether oxygens (including phenoxy) is 2. The lowest BCUT2D eigenvalue weighted by atomic mass is 10.0. The van der Waals surface area contributed by atoms with E-state index in [2.05, 4.69) is 0 Å². The van der Waals surface area contributed by atoms with Crippen LogP contribution < -0.4 is 4.74 Å². The van der Waals surface area contributed by atoms with E-state index in [-0.39, 0.29) is 11.9 Å². The van der Waals surface area contributed by atoms with Crippen molar-refractivity contribution in [3.8, 4) is 5.75 Å². The number of esters is 1. The van der Waals surface area contributed by atoms with Crippen molar-refractivity contribution in [1.82, 2.24) is 0 Å². The average Bonchev–Trinajstić information content (AvgIpc) is 2.32. The Morgan fingerprint density at radius 1 is 1.18 bits per heavy atom. The Labute approximate surface area is 103 Å². The zero-order valence-electron chi connectivity index (χ0n) is 10.7. The zero-order valence-corrected chi connectivity index (χ0v) is 10.7. The highest BCUT2D eigenvalue weighted by molar-refractivity contribution is 5.72. The summed E-state index contributed by atoms with van der Waals surface area (Å²) in [6.45, 7) is 6.76. The van der Waals surface area contributed by atoms with Gasteiger partial charge >= 0.3 is 5.97 Å². The first kappa shape index (κ1) is 13.6. The van der Waals surface area contributed by atoms with Crippen molar-refractivity contribution >= 4 is 5.97 Å². The first-order valence-electron chi connectivity index (χ1n) is 6.05. The molecule has 0 spiro atoms. The second-order valence-electron chi connectivity index (χ2n) is 3.93. The second kappa shape index (κ2) is 6.94. The van der Waals surface area contributed by atoms with Gasteiger partial charge in [0.15, 0.2) is 0 Å². The molecule has 0 radical (unpaired) electrons. The molecule has 0 saturated heterocycles. The monoisotopic (exact) mass is 236 g/mol. The summed E-state index contributed by atoms with van der Waals surface area (Å²) in [7, 11) is 0. The first-order valence-corrected chi connectivity index (χ1v) is 6.05. The highest BCUT2D eigenvalue weighted by Crippen LogP contribution is 2.15. The van der Waals surface area contributed by atoms with E-state index in [0.717, 1.165) is 11.3 Å². The van der Waals surface area contributed by atoms with Gasteiger partial charge in [-0.2, -0.15) is 0 Å². The maximum absolute atomic E-state index is 11.5. The van der Waals surface area contributed by atoms with E-state index < -0.39 is 0 Å². The normalized spacial score (nSPS) is 11.9. The van der Waals surface area contributed by atoms with Crippen molar-refractivity contribution < 1.29 is 14.3 Å². The van der Waals surface area contributed by atoms with Crippen LogP contribution in [-0.4, -0.2) is 19.2 Å². The lowest BCUT2D eigenvalue weighted by Gasteiger charge is -2.10. The number of carbonyl (C=O) groups is 1. The van der Waals surface area contributed by atoms with Crippen molar-refractivity contribution in [3.05, 3.63) is 29.8 Å². The molecule has 0 N–H and O–H groups in total. The van der Waals surface area contributed by atoms with Gasteiger partial charge in [0.05, 0.1) is 19.1 Å². The predicted octanol–water partition coefficient (Wildman–Crippen LogP) is 2.83. The molecule has 1 aromatic rings. The smallest absolute Gasteiger partial charge is 0.308 e. The molecule has 0 heterocycles. The minimum Gasteiger partial charge on any atom is -0.494 e. The molecule has 0 amide bonds. The third-order valence-corrected chi connectivity index (χ3v) is 2.47. The van der Waals surface area contributed by atoms with Crippen LogP contribution in [0, 0.1) is 5.92 Å². The molecular weight excluding hydrogens is 216 g/mol. The van der Waals surface area contributed by atoms with Crippen molar-refractivity contribution in [2.45, 2.75) is 27.2 Å². The van der Waals surface area contributed by atoms with Crippen LogP contribution >= 0.6 is 0 Å². The lowest BCUT2D eigenvalue weighted by Crippen LogP contribution is -2.16. The van der Waals surface area contributed by atoms with Gasteiger partial charge in [0, 0.05) is 0 Å². The Kier molecular flexibility index (Phi) is 5.53. The van der Waals surface area contributed by atoms with Crippen molar-refractivity contribution in [3.63, 3.8) is 0 Å². The summed E-state index contributed by atoms with van der Waals surface area (Å²) < 4.78 is 10.3. The highest BCUT2D eigenvalue weighted by Gasteiger charge is 2.14. The van der Waals surface area contributed by atoms with E-state index in [4.69, 9.17) is 9.47 Å². The van der Waals surface area contributed by atoms with E-state index in [0.29, 0.717) is 19.6 Å². The molecule has 1 unspecified atom stereocenters. The van der Waals surface area contributed by atoms with E-state index in [1.54, 1.807) is 0 Å². The van der Waals surface area contributed by atoms with Crippen LogP contribution in [0.5, 0.6) is 5.75 Å². The molecule has 0 bridgehead atoms. The van der Waals surface area contributed by atoms with Crippen molar-refractivity contribution in [2.75, 3.05) is 13.2 Å². The molecule has 0 saturated carbocycles. The maximum Gasteiger partial charge on any atom is 0.308 e. The van der Waals surface area contributed by atoms with Gasteiger partial charge in [0.2, 0.25) is 0 Å². The van der Waals surface area contributed by atoms with Crippen LogP contribution in [0.15, 0.2) is 24.3 Å². The van der Waals surface area contributed by atoms with Gasteiger partial charge in [-0.25, -0.2) is 0 Å². The Morgan fingerprint density at radius 2 is 1.82 bits per heavy atom. The third-order valence-electron chi connectivity index (χ3n) is 2.47. The molecule has 0 fully saturated rings. The van der Waals surface area contributed by atoms with Crippen LogP contribution in [0.1, 0.15) is 26.3 Å². The highest BCUT2D eigenvalue weighted by atomic mass is 16.5. The van der Waals surface area contributed by atoms with E-state index in [9.17, 15) is 4.79 Å². The number of carbonyl (C=O) groups excluding carboxylic acids is 1. The summed E-state index contributed by atoms with van der Waals surface area (Å²) in [5.41, 5.74) is 1.12. The van der Waals surface area contributed by atoms with Crippen LogP contribution in [0.3, 0.4) is 0 Å². The SMILES string of the molecule is CCOC(=O)C(C)Cc1ccc(OCC)cc1. The van der Waals surface area contributed by atoms with Crippen molar-refractivity contribution in [2.24, 2.45) is 5.92 Å². The zero-order chi connectivity index (χ0) is 12.7. The van der Waals surface area contributed by atoms with E-state index in [1.165, 1.54) is 0 Å². The standard InChI is InChI=1S/C14H20O3/c1-4-16-13-8-6-12(7-9-13)10-11(3)14(15)17-5-2/h6-9,11H,4-5,10H2,1-3H3. The quantitative estimate of drug-likeness (QED) is 0.712. The van der Waals surface area contributed by atoms with Crippen LogP contribution in [0.2, 0.25) is 0 Å². The number of hydrogen-bond acceptors (Lipinski definition) is 3. The number of hydrogen-bond donors (Lipinski definition) is 0. The molecule has 3 nitrogen and oxygen atoms in total. The van der Waals surface area contributed by atoms with Gasteiger partial charge in [-0.05, 0) is 38.0 Å². The van der Waals surface area contributed by atoms with Gasteiger partial charge in [0.25, 0.3) is 0 Å². The molecule has 1 aromatic carbocycles. The molecule has 17 heavy (non-hydrogen) atoms. The molecule has 0 aliphatic heterocycles. The Balaban J connectivity index is 2.53. The summed E-state index contributed by atoms with van der Waals surface area (Å²) in [6.07, 6.45) is 0.700. The van der Waals surface area contributed by atoms with Gasteiger partial charge < -0.3 is 9.47 Å². The van der Waals surface area contributed by atoms with E-state index >= 15 is 0 Å². The fourth-order valence-electron chi connectivity index (χ4n) is 1.61. The Bertz CT molecular complexity index is 343. The summed E-state index contributed by atoms with van der Waals surface area (Å²) >= 11 is 0. The Morgan fingerprint density at radius 3 is 2.35 bits per heavy atom. The maximum atomic E-state index is 11.5. The minimum absolute atomic E-state index is 0.104. The molecule has 3 heteroatoms. The second-order valence-corrected chi connectivity index (χ2v) is 3.93. The molecule has 1 atom stereocenters. The first-order chi connectivity index (χ1) is 8.17. The predicted molar refractivity (Wildman–Crippen MR) is 67.1 cm³/mol. The van der Waals surface area contributed by atoms with Gasteiger partial charge in [-0.15, -0.1) is 0 Å². The van der Waals surface area contributed by atoms with Crippen LogP contribution in [0.25, 0.3) is 0 Å². The summed E-state index contributed by atoms with van der Waals surface area (Å²) in [5, 5.41) is 0. The number of rotatable bonds is 6. The minimum atomic E-state index is -0.138. The summed E-state index contributed by atoms with van der Waals surface area (Å²) in [4.78, 5) is 11.5. The molecule has 0 aromatic heterocycles. The molecule has 1 rings (SSSR count). The third kappa shape index (κ3) is 4.47. The van der Waals surface area contributed by atoms with Crippen LogP contribution in [-0.2, 0) is 16.0 Å². The molecule has 0 aliphatic carbocycles. The van der Waals surface area contributed by atoms with E-state index in [1.807, 2.05) is 45.0 Å². The Hall–Kier alpha value is -1.51. The fourth-order valence-corrected chi connectivity index (χ4v) is 1.61. The summed E-state index contributed by atoms with van der Waals surface area (Å²) in [5.74, 6) is 0.620. The van der Waals surface area contributed by atoms with Crippen molar-refractivity contribution in [1.29, 1.82) is 0 Å². The fraction of sp³-hybridized carbons (Fsp3) is 0.500. The molecule has 0 aliphatic rings.